The Kier molecular flexibility index (Phi) is 0.398. The first kappa shape index (κ1) is 0.917. The maximum absolute atomic E-state index is 11.1. The van der Waals surface area contributed by atoms with E-state index in [4.69, 9.17) is 16.5 Å². The maximum Gasteiger partial charge on any atom is 0.303 e. The number of rotatable bonds is 3. The molecular formula is C6H12O2. The third-order valence-corrected chi connectivity index (χ3v) is 0.290. The van der Waals surface area contributed by atoms with Gasteiger partial charge in [0.05, 0.1) is 0 Å². The van der Waals surface area contributed by atoms with E-state index in [-0.39, 0.29) is 0 Å². The van der Waals surface area contributed by atoms with Crippen molar-refractivity contribution < 1.29 is 25.0 Å². The number of carbonyl (C=O) groups is 1. The summed E-state index contributed by atoms with van der Waals surface area (Å²) in [6.45, 7) is -7.53. The first-order chi connectivity index (χ1) is 8.48. The monoisotopic (exact) mass is 128 g/mol. The molecule has 0 saturated heterocycles. The Morgan fingerprint density at radius 1 is 2.25 bits per heavy atom. The second kappa shape index (κ2) is 3.47. The Hall–Kier alpha value is -0.530. The summed E-state index contributed by atoms with van der Waals surface area (Å²) in [5.41, 5.74) is 0. The average molecular weight is 128 g/mol. The van der Waals surface area contributed by atoms with Gasteiger partial charge >= 0.3 is 5.97 Å². The number of hydrogen-bond donors (Lipinski definition) is 1. The Balaban J connectivity index is 6.29. The second-order valence-corrected chi connectivity index (χ2v) is 0.912. The van der Waals surface area contributed by atoms with Crippen molar-refractivity contribution in [2.24, 2.45) is 5.89 Å². The van der Waals surface area contributed by atoms with Crippen molar-refractivity contribution >= 4 is 5.97 Å². The number of carboxylic acid groups (broad SMARTS) is 1. The van der Waals surface area contributed by atoms with E-state index < -0.39 is 38.3 Å². The summed E-state index contributed by atoms with van der Waals surface area (Å²) in [7, 11) is 0. The molecule has 0 unspecified atom stereocenters. The van der Waals surface area contributed by atoms with E-state index >= 15 is 0 Å². The topological polar surface area (TPSA) is 37.3 Å². The zero-order chi connectivity index (χ0) is 16.8. The number of hydrogen-bond acceptors (Lipinski definition) is 2. The molecule has 0 rings (SSSR count). The molecule has 0 aliphatic heterocycles. The van der Waals surface area contributed by atoms with Crippen LogP contribution in [0.15, 0.2) is 0 Å². The van der Waals surface area contributed by atoms with Crippen molar-refractivity contribution in [3.8, 4) is 0 Å². The highest BCUT2D eigenvalue weighted by Gasteiger charge is 1.97. The van der Waals surface area contributed by atoms with Gasteiger partial charge in [-0.2, -0.15) is 0 Å². The van der Waals surface area contributed by atoms with Crippen LogP contribution < -0.4 is 0 Å². The molecule has 0 saturated carbocycles. The smallest absolute Gasteiger partial charge is 0.303 e. The fraction of sp³-hybridized carbons (Fsp3) is 0.833. The van der Waals surface area contributed by atoms with Crippen LogP contribution in [-0.2, 0) is 4.79 Å². The Bertz CT molecular complexity index is 364. The third-order valence-electron chi connectivity index (χ3n) is 0.290. The van der Waals surface area contributed by atoms with Crippen LogP contribution in [0.2, 0.25) is 0 Å². The molecule has 0 aromatic rings. The van der Waals surface area contributed by atoms with E-state index in [1.165, 1.54) is 0 Å². The van der Waals surface area contributed by atoms with E-state index in [0.29, 0.717) is 0 Å². The Morgan fingerprint density at radius 2 is 3.00 bits per heavy atom. The maximum atomic E-state index is 11.1. The molecule has 0 radical (unpaired) electrons. The lowest BCUT2D eigenvalue weighted by atomic mass is 10.1. The molecule has 48 valence electrons. The minimum atomic E-state index is -3.98. The molecule has 0 amide bonds. The van der Waals surface area contributed by atoms with Gasteiger partial charge in [0.1, 0.15) is 0 Å². The number of carboxylic acids is 1. The van der Waals surface area contributed by atoms with Gasteiger partial charge in [-0.1, -0.05) is 13.7 Å². The van der Waals surface area contributed by atoms with Gasteiger partial charge < -0.3 is 5.11 Å². The molecule has 0 fully saturated rings. The van der Waals surface area contributed by atoms with Crippen molar-refractivity contribution in [2.75, 3.05) is 0 Å². The Morgan fingerprint density at radius 3 is 3.50 bits per heavy atom. The van der Waals surface area contributed by atoms with E-state index in [1.807, 2.05) is 0 Å². The molecule has 0 atom stereocenters. The predicted octanol–water partition coefficient (Wildman–Crippen LogP) is 1.51. The number of aliphatic carboxylic acids is 1. The van der Waals surface area contributed by atoms with Crippen LogP contribution in [0, 0.1) is 5.89 Å². The summed E-state index contributed by atoms with van der Waals surface area (Å²) in [5.74, 6) is -6.07. The fourth-order valence-electron chi connectivity index (χ4n) is 0.114. The van der Waals surface area contributed by atoms with Gasteiger partial charge in [-0.25, -0.2) is 0 Å². The summed E-state index contributed by atoms with van der Waals surface area (Å²) >= 11 is 0. The molecule has 8 heavy (non-hydrogen) atoms. The summed E-state index contributed by atoms with van der Waals surface area (Å²) in [6, 6.07) is 0. The molecule has 0 bridgehead atoms. The molecule has 0 spiro atoms. The van der Waals surface area contributed by atoms with Crippen LogP contribution in [0.4, 0.5) is 0 Å². The molecule has 2 heteroatoms. The molecule has 0 aromatic heterocycles. The molecular weight excluding hydrogens is 104 g/mol. The Labute approximate surface area is 66.5 Å². The van der Waals surface area contributed by atoms with E-state index in [9.17, 15) is 4.79 Å². The summed E-state index contributed by atoms with van der Waals surface area (Å²) < 4.78 is 85.4. The predicted molar refractivity (Wildman–Crippen MR) is 31.7 cm³/mol. The van der Waals surface area contributed by atoms with Gasteiger partial charge in [0, 0.05) is 21.5 Å². The molecule has 0 aliphatic carbocycles. The van der Waals surface area contributed by atoms with Gasteiger partial charge in [0.15, 0.2) is 0 Å². The van der Waals surface area contributed by atoms with E-state index in [2.05, 4.69) is 5.11 Å². The lowest BCUT2D eigenvalue weighted by Gasteiger charge is -1.97. The molecule has 0 aliphatic rings. The van der Waals surface area contributed by atoms with Crippen molar-refractivity contribution in [3.63, 3.8) is 0 Å². The van der Waals surface area contributed by atoms with Crippen molar-refractivity contribution in [3.05, 3.63) is 0 Å². The highest BCUT2D eigenvalue weighted by molar-refractivity contribution is 5.66. The van der Waals surface area contributed by atoms with Crippen molar-refractivity contribution in [1.29, 1.82) is 1.43 Å². The molecule has 2 nitrogen and oxygen atoms in total. The summed E-state index contributed by atoms with van der Waals surface area (Å²) in [4.78, 5) is 11.1. The van der Waals surface area contributed by atoms with Crippen LogP contribution >= 0.6 is 0 Å². The van der Waals surface area contributed by atoms with Crippen LogP contribution in [0.1, 0.15) is 41.5 Å². The third kappa shape index (κ3) is 5.47. The highest BCUT2D eigenvalue weighted by Crippen LogP contribution is 2.01. The standard InChI is InChI=1S/C6H12O2/c1-5(2)3-4-6(7)8/h5H,3-4H2,1-2H3,(H,7,8)/i1D3,2D3,3D2,4D2,5D/hD. The van der Waals surface area contributed by atoms with Gasteiger partial charge in [0.25, 0.3) is 1.43 Å². The fourth-order valence-corrected chi connectivity index (χ4v) is 0.114. The first-order valence-corrected chi connectivity index (χ1v) is 1.66. The highest BCUT2D eigenvalue weighted by atomic mass is 16.4. The van der Waals surface area contributed by atoms with Crippen molar-refractivity contribution in [1.82, 2.24) is 0 Å². The SMILES string of the molecule is [2H]OC(=O)C([2H])([2H])C([2H])([2H])C([2H])(C([2H])([2H])[2H])C([2H])([2H])[2H]. The van der Waals surface area contributed by atoms with Crippen LogP contribution in [0.5, 0.6) is 0 Å². The van der Waals surface area contributed by atoms with Gasteiger partial charge in [-0.3, -0.25) is 4.79 Å². The normalized spacial score (nSPS) is 39.5. The minimum Gasteiger partial charge on any atom is -0.481 e. The van der Waals surface area contributed by atoms with Gasteiger partial charge in [-0.05, 0) is 12.3 Å². The quantitative estimate of drug-likeness (QED) is 0.625. The van der Waals surface area contributed by atoms with Gasteiger partial charge in [-0.15, -0.1) is 0 Å². The van der Waals surface area contributed by atoms with Crippen LogP contribution in [0.25, 0.3) is 1.43 Å². The zero-order valence-electron chi connectivity index (χ0n) is 15.8. The largest absolute Gasteiger partial charge is 0.481 e. The summed E-state index contributed by atoms with van der Waals surface area (Å²) in [5, 5.41) is 3.27. The average Bonchev–Trinajstić information content (AvgIpc) is 2.22. The van der Waals surface area contributed by atoms with Crippen LogP contribution in [0.3, 0.4) is 0 Å². The van der Waals surface area contributed by atoms with Gasteiger partial charge in [0.2, 0.25) is 0 Å². The van der Waals surface area contributed by atoms with Crippen LogP contribution in [-0.4, -0.2) is 11.1 Å². The minimum absolute atomic E-state index is 2.13. The first-order valence-electron chi connectivity index (χ1n) is 7.57. The lowest BCUT2D eigenvalue weighted by molar-refractivity contribution is -0.137. The molecule has 1 N–H and O–H groups in total. The molecule has 0 aromatic carbocycles. The zero-order valence-corrected chi connectivity index (χ0v) is 3.82. The second-order valence-electron chi connectivity index (χ2n) is 0.912. The van der Waals surface area contributed by atoms with Crippen molar-refractivity contribution in [2.45, 2.75) is 26.4 Å². The molecule has 0 heterocycles. The summed E-state index contributed by atoms with van der Waals surface area (Å²) in [6.07, 6.45) is -7.80. The van der Waals surface area contributed by atoms with E-state index in [0.717, 1.165) is 0 Å². The lowest BCUT2D eigenvalue weighted by Crippen LogP contribution is -1.97. The van der Waals surface area contributed by atoms with E-state index in [1.54, 1.807) is 0 Å².